The Hall–Kier alpha value is -3.51. The zero-order valence-corrected chi connectivity index (χ0v) is 21.2. The number of hydrogen-bond acceptors (Lipinski definition) is 6. The zero-order valence-electron chi connectivity index (χ0n) is 20.4. The number of benzene rings is 1. The van der Waals surface area contributed by atoms with Gasteiger partial charge in [0.05, 0.1) is 24.0 Å². The van der Waals surface area contributed by atoms with Crippen molar-refractivity contribution in [2.45, 2.75) is 57.3 Å². The first-order valence-corrected chi connectivity index (χ1v) is 12.7. The standard InChI is InChI=1S/C26H30N6O2S/c1-5-14-31-25(20-12-8-9-13-22(20)34-4)29-30-26(31)35-16-23(33)28-24-21(15-27)17(2)18(3)32(24)19-10-6-7-11-19/h5,8-9,12-13,19H,1,6-7,10-11,14,16H2,2-4H3,(H,28,33). The molecule has 0 bridgehead atoms. The molecule has 0 spiro atoms. The third-order valence-electron chi connectivity index (χ3n) is 6.52. The Morgan fingerprint density at radius 2 is 2.06 bits per heavy atom. The molecule has 182 valence electrons. The molecule has 1 aliphatic rings. The number of carbonyl (C=O) groups excluding carboxylic acids is 1. The first kappa shape index (κ1) is 24.6. The van der Waals surface area contributed by atoms with Crippen LogP contribution < -0.4 is 10.1 Å². The van der Waals surface area contributed by atoms with E-state index in [1.165, 1.54) is 24.6 Å². The lowest BCUT2D eigenvalue weighted by molar-refractivity contribution is -0.113. The summed E-state index contributed by atoms with van der Waals surface area (Å²) in [7, 11) is 1.62. The van der Waals surface area contributed by atoms with Gasteiger partial charge in [-0.1, -0.05) is 42.8 Å². The van der Waals surface area contributed by atoms with Crippen molar-refractivity contribution in [2.24, 2.45) is 0 Å². The topological polar surface area (TPSA) is 97.8 Å². The van der Waals surface area contributed by atoms with E-state index < -0.39 is 0 Å². The number of carbonyl (C=O) groups is 1. The molecule has 1 aromatic carbocycles. The van der Waals surface area contributed by atoms with Gasteiger partial charge < -0.3 is 14.6 Å². The molecule has 0 radical (unpaired) electrons. The molecule has 4 rings (SSSR count). The molecule has 8 nitrogen and oxygen atoms in total. The van der Waals surface area contributed by atoms with Crippen molar-refractivity contribution in [3.8, 4) is 23.2 Å². The summed E-state index contributed by atoms with van der Waals surface area (Å²) in [4.78, 5) is 13.0. The highest BCUT2D eigenvalue weighted by Gasteiger charge is 2.27. The number of allylic oxidation sites excluding steroid dienone is 1. The molecule has 1 aliphatic carbocycles. The number of hydrogen-bond donors (Lipinski definition) is 1. The normalized spacial score (nSPS) is 13.5. The fraction of sp³-hybridized carbons (Fsp3) is 0.385. The van der Waals surface area contributed by atoms with Gasteiger partial charge >= 0.3 is 0 Å². The van der Waals surface area contributed by atoms with Crippen molar-refractivity contribution in [3.05, 3.63) is 53.7 Å². The summed E-state index contributed by atoms with van der Waals surface area (Å²) in [6, 6.07) is 10.2. The van der Waals surface area contributed by atoms with Gasteiger partial charge in [0, 0.05) is 18.3 Å². The van der Waals surface area contributed by atoms with E-state index in [0.717, 1.165) is 29.7 Å². The molecule has 1 saturated carbocycles. The van der Waals surface area contributed by atoms with Crippen molar-refractivity contribution in [1.82, 2.24) is 19.3 Å². The number of nitrogens with one attached hydrogen (secondary N) is 1. The second-order valence-corrected chi connectivity index (χ2v) is 9.54. The minimum absolute atomic E-state index is 0.139. The summed E-state index contributed by atoms with van der Waals surface area (Å²) >= 11 is 1.30. The molecule has 1 fully saturated rings. The SMILES string of the molecule is C=CCn1c(SCC(=O)Nc2c(C#N)c(C)c(C)n2C2CCCC2)nnc1-c1ccccc1OC. The maximum atomic E-state index is 13.0. The van der Waals surface area contributed by atoms with Crippen molar-refractivity contribution in [3.63, 3.8) is 0 Å². The largest absolute Gasteiger partial charge is 0.496 e. The Morgan fingerprint density at radius 1 is 1.31 bits per heavy atom. The van der Waals surface area contributed by atoms with Crippen LogP contribution in [0.1, 0.15) is 48.5 Å². The Bertz CT molecular complexity index is 1280. The van der Waals surface area contributed by atoms with Crippen LogP contribution in [0.4, 0.5) is 5.82 Å². The number of thioether (sulfide) groups is 1. The van der Waals surface area contributed by atoms with Gasteiger partial charge in [-0.15, -0.1) is 16.8 Å². The lowest BCUT2D eigenvalue weighted by atomic mass is 10.2. The first-order valence-electron chi connectivity index (χ1n) is 11.7. The molecule has 0 saturated heterocycles. The molecule has 1 amide bonds. The van der Waals surface area contributed by atoms with E-state index in [4.69, 9.17) is 4.74 Å². The van der Waals surface area contributed by atoms with Crippen LogP contribution in [0.2, 0.25) is 0 Å². The Labute approximate surface area is 210 Å². The zero-order chi connectivity index (χ0) is 24.9. The highest BCUT2D eigenvalue weighted by atomic mass is 32.2. The highest BCUT2D eigenvalue weighted by Crippen LogP contribution is 2.38. The lowest BCUT2D eigenvalue weighted by Crippen LogP contribution is -2.20. The minimum Gasteiger partial charge on any atom is -0.496 e. The summed E-state index contributed by atoms with van der Waals surface area (Å²) < 4.78 is 9.56. The number of aromatic nitrogens is 4. The number of nitrogens with zero attached hydrogens (tertiary/aromatic N) is 5. The number of anilines is 1. The number of methoxy groups -OCH3 is 1. The predicted molar refractivity (Wildman–Crippen MR) is 138 cm³/mol. The number of ether oxygens (including phenoxy) is 1. The number of rotatable bonds is 9. The van der Waals surface area contributed by atoms with Crippen LogP contribution in [-0.4, -0.2) is 38.1 Å². The lowest BCUT2D eigenvalue weighted by Gasteiger charge is -2.19. The molecule has 0 aliphatic heterocycles. The molecular formula is C26H30N6O2S. The molecule has 3 aromatic rings. The van der Waals surface area contributed by atoms with Gasteiger partial charge in [0.25, 0.3) is 0 Å². The van der Waals surface area contributed by atoms with Crippen molar-refractivity contribution in [2.75, 3.05) is 18.2 Å². The van der Waals surface area contributed by atoms with Gasteiger partial charge in [0.2, 0.25) is 5.91 Å². The van der Waals surface area contributed by atoms with Crippen LogP contribution >= 0.6 is 11.8 Å². The van der Waals surface area contributed by atoms with E-state index in [-0.39, 0.29) is 11.7 Å². The molecule has 0 unspecified atom stereocenters. The molecular weight excluding hydrogens is 460 g/mol. The second-order valence-electron chi connectivity index (χ2n) is 8.60. The molecule has 35 heavy (non-hydrogen) atoms. The molecule has 2 heterocycles. The summed E-state index contributed by atoms with van der Waals surface area (Å²) in [5.74, 6) is 1.91. The number of nitriles is 1. The summed E-state index contributed by atoms with van der Waals surface area (Å²) in [5.41, 5.74) is 3.33. The Balaban J connectivity index is 1.55. The maximum absolute atomic E-state index is 13.0. The summed E-state index contributed by atoms with van der Waals surface area (Å²) in [5, 5.41) is 22.1. The van der Waals surface area contributed by atoms with E-state index in [2.05, 4.69) is 32.7 Å². The van der Waals surface area contributed by atoms with Crippen molar-refractivity contribution < 1.29 is 9.53 Å². The minimum atomic E-state index is -0.185. The smallest absolute Gasteiger partial charge is 0.235 e. The monoisotopic (exact) mass is 490 g/mol. The molecule has 9 heteroatoms. The van der Waals surface area contributed by atoms with Gasteiger partial charge in [0.15, 0.2) is 11.0 Å². The van der Waals surface area contributed by atoms with Gasteiger partial charge in [-0.25, -0.2) is 0 Å². The third kappa shape index (κ3) is 4.84. The third-order valence-corrected chi connectivity index (χ3v) is 7.49. The van der Waals surface area contributed by atoms with E-state index in [9.17, 15) is 10.1 Å². The van der Waals surface area contributed by atoms with Crippen LogP contribution in [0, 0.1) is 25.2 Å². The fourth-order valence-electron chi connectivity index (χ4n) is 4.72. The number of amides is 1. The van der Waals surface area contributed by atoms with E-state index in [0.29, 0.717) is 40.7 Å². The van der Waals surface area contributed by atoms with Crippen LogP contribution in [0.15, 0.2) is 42.1 Å². The second kappa shape index (κ2) is 10.8. The van der Waals surface area contributed by atoms with Crippen LogP contribution in [0.5, 0.6) is 5.75 Å². The Kier molecular flexibility index (Phi) is 7.61. The van der Waals surface area contributed by atoms with E-state index in [1.807, 2.05) is 42.7 Å². The van der Waals surface area contributed by atoms with E-state index >= 15 is 0 Å². The van der Waals surface area contributed by atoms with Crippen molar-refractivity contribution in [1.29, 1.82) is 5.26 Å². The first-order chi connectivity index (χ1) is 17.0. The summed E-state index contributed by atoms with van der Waals surface area (Å²) in [6.07, 6.45) is 6.23. The predicted octanol–water partition coefficient (Wildman–Crippen LogP) is 5.28. The Morgan fingerprint density at radius 3 is 2.74 bits per heavy atom. The average molecular weight is 491 g/mol. The van der Waals surface area contributed by atoms with Crippen LogP contribution in [-0.2, 0) is 11.3 Å². The van der Waals surface area contributed by atoms with E-state index in [1.54, 1.807) is 13.2 Å². The fourth-order valence-corrected chi connectivity index (χ4v) is 5.47. The molecule has 2 aromatic heterocycles. The maximum Gasteiger partial charge on any atom is 0.235 e. The van der Waals surface area contributed by atoms with Gasteiger partial charge in [0.1, 0.15) is 17.6 Å². The average Bonchev–Trinajstić information content (AvgIpc) is 3.58. The van der Waals surface area contributed by atoms with Gasteiger partial charge in [-0.3, -0.25) is 9.36 Å². The van der Waals surface area contributed by atoms with Crippen LogP contribution in [0.3, 0.4) is 0 Å². The van der Waals surface area contributed by atoms with Gasteiger partial charge in [-0.2, -0.15) is 5.26 Å². The van der Waals surface area contributed by atoms with Crippen molar-refractivity contribution >= 4 is 23.5 Å². The summed E-state index contributed by atoms with van der Waals surface area (Å²) in [6.45, 7) is 8.31. The number of para-hydroxylation sites is 1. The van der Waals surface area contributed by atoms with Crippen LogP contribution in [0.25, 0.3) is 11.4 Å². The highest BCUT2D eigenvalue weighted by molar-refractivity contribution is 7.99. The quantitative estimate of drug-likeness (QED) is 0.324. The molecule has 1 N–H and O–H groups in total. The molecule has 0 atom stereocenters. The van der Waals surface area contributed by atoms with Gasteiger partial charge in [-0.05, 0) is 44.4 Å².